The van der Waals surface area contributed by atoms with Crippen molar-refractivity contribution in [2.24, 2.45) is 5.41 Å². The predicted octanol–water partition coefficient (Wildman–Crippen LogP) is 2.18. The third-order valence-electron chi connectivity index (χ3n) is 4.23. The first-order chi connectivity index (χ1) is 11.7. The van der Waals surface area contributed by atoms with Crippen molar-refractivity contribution in [3.05, 3.63) is 24.3 Å². The molecule has 2 N–H and O–H groups in total. The lowest BCUT2D eigenvalue weighted by Gasteiger charge is -2.24. The lowest BCUT2D eigenvalue weighted by Crippen LogP contribution is -2.46. The van der Waals surface area contributed by atoms with E-state index < -0.39 is 5.41 Å². The van der Waals surface area contributed by atoms with Gasteiger partial charge in [0.2, 0.25) is 11.8 Å². The molecule has 0 saturated heterocycles. The van der Waals surface area contributed by atoms with E-state index in [2.05, 4.69) is 29.4 Å². The van der Waals surface area contributed by atoms with Crippen LogP contribution in [-0.2, 0) is 9.59 Å². The predicted molar refractivity (Wildman–Crippen MR) is 104 cm³/mol. The number of rotatable bonds is 9. The highest BCUT2D eigenvalue weighted by Crippen LogP contribution is 2.21. The standard InChI is InChI=1S/C19H32N4O2/c1-7-23(8-2)16-11-9-15(10-12-16)21-18(25)19(3,4)17(24)20-13-14-22(5)6/h9-12H,7-8,13-14H2,1-6H3,(H,20,24)(H,21,25). The fraction of sp³-hybridized carbons (Fsp3) is 0.579. The van der Waals surface area contributed by atoms with Gasteiger partial charge in [-0.3, -0.25) is 9.59 Å². The third kappa shape index (κ3) is 6.05. The van der Waals surface area contributed by atoms with E-state index in [0.29, 0.717) is 12.2 Å². The van der Waals surface area contributed by atoms with Gasteiger partial charge in [0.15, 0.2) is 0 Å². The first-order valence-electron chi connectivity index (χ1n) is 8.81. The van der Waals surface area contributed by atoms with Gasteiger partial charge in [-0.05, 0) is 66.1 Å². The van der Waals surface area contributed by atoms with Crippen molar-refractivity contribution in [2.45, 2.75) is 27.7 Å². The maximum Gasteiger partial charge on any atom is 0.239 e. The van der Waals surface area contributed by atoms with Crippen LogP contribution in [0.2, 0.25) is 0 Å². The molecule has 0 atom stereocenters. The topological polar surface area (TPSA) is 64.7 Å². The van der Waals surface area contributed by atoms with Gasteiger partial charge in [-0.2, -0.15) is 0 Å². The number of hydrogen-bond donors (Lipinski definition) is 2. The van der Waals surface area contributed by atoms with Crippen molar-refractivity contribution in [1.29, 1.82) is 0 Å². The Morgan fingerprint density at radius 1 is 1.00 bits per heavy atom. The van der Waals surface area contributed by atoms with Crippen LogP contribution in [0.1, 0.15) is 27.7 Å². The fourth-order valence-electron chi connectivity index (χ4n) is 2.35. The largest absolute Gasteiger partial charge is 0.372 e. The number of carbonyl (C=O) groups is 2. The highest BCUT2D eigenvalue weighted by molar-refractivity contribution is 6.09. The van der Waals surface area contributed by atoms with Gasteiger partial charge in [-0.25, -0.2) is 0 Å². The molecule has 0 radical (unpaired) electrons. The minimum absolute atomic E-state index is 0.272. The summed E-state index contributed by atoms with van der Waals surface area (Å²) in [6, 6.07) is 7.69. The van der Waals surface area contributed by atoms with Crippen LogP contribution in [0.25, 0.3) is 0 Å². The van der Waals surface area contributed by atoms with Gasteiger partial charge in [-0.1, -0.05) is 0 Å². The van der Waals surface area contributed by atoms with E-state index >= 15 is 0 Å². The molecule has 0 spiro atoms. The molecular formula is C19H32N4O2. The number of amides is 2. The van der Waals surface area contributed by atoms with Crippen LogP contribution in [-0.4, -0.2) is 57.0 Å². The molecule has 1 rings (SSSR count). The van der Waals surface area contributed by atoms with Crippen molar-refractivity contribution in [3.8, 4) is 0 Å². The zero-order valence-corrected chi connectivity index (χ0v) is 16.3. The Balaban J connectivity index is 2.68. The maximum atomic E-state index is 12.5. The monoisotopic (exact) mass is 348 g/mol. The van der Waals surface area contributed by atoms with Gasteiger partial charge in [0.1, 0.15) is 5.41 Å². The summed E-state index contributed by atoms with van der Waals surface area (Å²) in [7, 11) is 3.87. The van der Waals surface area contributed by atoms with Crippen molar-refractivity contribution in [3.63, 3.8) is 0 Å². The van der Waals surface area contributed by atoms with Crippen LogP contribution in [0.4, 0.5) is 11.4 Å². The second kappa shape index (κ2) is 9.42. The number of likely N-dealkylation sites (N-methyl/N-ethyl adjacent to an activating group) is 1. The molecule has 140 valence electrons. The van der Waals surface area contributed by atoms with E-state index in [0.717, 1.165) is 25.3 Å². The molecule has 1 aromatic rings. The average molecular weight is 348 g/mol. The highest BCUT2D eigenvalue weighted by Gasteiger charge is 2.35. The van der Waals surface area contributed by atoms with Crippen LogP contribution in [0.15, 0.2) is 24.3 Å². The number of anilines is 2. The van der Waals surface area contributed by atoms with Crippen molar-refractivity contribution < 1.29 is 9.59 Å². The first-order valence-corrected chi connectivity index (χ1v) is 8.81. The Bertz CT molecular complexity index is 563. The lowest BCUT2D eigenvalue weighted by atomic mass is 9.91. The summed E-state index contributed by atoms with van der Waals surface area (Å²) < 4.78 is 0. The molecular weight excluding hydrogens is 316 g/mol. The van der Waals surface area contributed by atoms with E-state index in [-0.39, 0.29) is 11.8 Å². The average Bonchev–Trinajstić information content (AvgIpc) is 2.56. The fourth-order valence-corrected chi connectivity index (χ4v) is 2.35. The number of nitrogens with zero attached hydrogens (tertiary/aromatic N) is 2. The van der Waals surface area contributed by atoms with E-state index in [1.807, 2.05) is 43.3 Å². The molecule has 0 fully saturated rings. The molecule has 0 saturated carbocycles. The minimum Gasteiger partial charge on any atom is -0.372 e. The number of carbonyl (C=O) groups excluding carboxylic acids is 2. The molecule has 1 aromatic carbocycles. The SMILES string of the molecule is CCN(CC)c1ccc(NC(=O)C(C)(C)C(=O)NCCN(C)C)cc1. The Morgan fingerprint density at radius 3 is 2.04 bits per heavy atom. The molecule has 6 heteroatoms. The highest BCUT2D eigenvalue weighted by atomic mass is 16.2. The molecule has 0 aliphatic heterocycles. The van der Waals surface area contributed by atoms with Crippen LogP contribution in [0.3, 0.4) is 0 Å². The van der Waals surface area contributed by atoms with E-state index in [1.54, 1.807) is 13.8 Å². The molecule has 0 aliphatic rings. The number of hydrogen-bond acceptors (Lipinski definition) is 4. The van der Waals surface area contributed by atoms with Gasteiger partial charge in [0.25, 0.3) is 0 Å². The molecule has 0 bridgehead atoms. The molecule has 25 heavy (non-hydrogen) atoms. The van der Waals surface area contributed by atoms with Gasteiger partial charge in [0.05, 0.1) is 0 Å². The van der Waals surface area contributed by atoms with E-state index in [9.17, 15) is 9.59 Å². The zero-order chi connectivity index (χ0) is 19.0. The molecule has 0 aliphatic carbocycles. The van der Waals surface area contributed by atoms with E-state index in [4.69, 9.17) is 0 Å². The maximum absolute atomic E-state index is 12.5. The van der Waals surface area contributed by atoms with Gasteiger partial charge < -0.3 is 20.4 Å². The molecule has 0 unspecified atom stereocenters. The van der Waals surface area contributed by atoms with Crippen LogP contribution < -0.4 is 15.5 Å². The van der Waals surface area contributed by atoms with Gasteiger partial charge in [-0.15, -0.1) is 0 Å². The van der Waals surface area contributed by atoms with Crippen LogP contribution in [0.5, 0.6) is 0 Å². The summed E-state index contributed by atoms with van der Waals surface area (Å²) in [5.74, 6) is -0.586. The third-order valence-corrected chi connectivity index (χ3v) is 4.23. The first kappa shape index (κ1) is 21.0. The van der Waals surface area contributed by atoms with Crippen molar-refractivity contribution >= 4 is 23.2 Å². The zero-order valence-electron chi connectivity index (χ0n) is 16.3. The van der Waals surface area contributed by atoms with Gasteiger partial charge in [0, 0.05) is 37.6 Å². The number of benzene rings is 1. The smallest absolute Gasteiger partial charge is 0.239 e. The molecule has 0 heterocycles. The molecule has 0 aromatic heterocycles. The van der Waals surface area contributed by atoms with Crippen molar-refractivity contribution in [2.75, 3.05) is 50.5 Å². The summed E-state index contributed by atoms with van der Waals surface area (Å²) in [6.45, 7) is 10.6. The summed E-state index contributed by atoms with van der Waals surface area (Å²) in [4.78, 5) is 29.0. The Morgan fingerprint density at radius 2 is 1.56 bits per heavy atom. The van der Waals surface area contributed by atoms with Crippen LogP contribution >= 0.6 is 0 Å². The summed E-state index contributed by atoms with van der Waals surface area (Å²) >= 11 is 0. The summed E-state index contributed by atoms with van der Waals surface area (Å²) in [6.07, 6.45) is 0. The quantitative estimate of drug-likeness (QED) is 0.672. The van der Waals surface area contributed by atoms with E-state index in [1.165, 1.54) is 0 Å². The summed E-state index contributed by atoms with van der Waals surface area (Å²) in [5.41, 5.74) is 0.669. The van der Waals surface area contributed by atoms with Gasteiger partial charge >= 0.3 is 0 Å². The normalized spacial score (nSPS) is 11.3. The Hall–Kier alpha value is -2.08. The second-order valence-electron chi connectivity index (χ2n) is 6.86. The van der Waals surface area contributed by atoms with Crippen LogP contribution in [0, 0.1) is 5.41 Å². The lowest BCUT2D eigenvalue weighted by molar-refractivity contribution is -0.138. The second-order valence-corrected chi connectivity index (χ2v) is 6.86. The minimum atomic E-state index is -1.14. The summed E-state index contributed by atoms with van der Waals surface area (Å²) in [5, 5.41) is 5.65. The Labute approximate surface area is 151 Å². The molecule has 2 amide bonds. The molecule has 6 nitrogen and oxygen atoms in total. The Kier molecular flexibility index (Phi) is 7.90. The number of nitrogens with one attached hydrogen (secondary N) is 2. The van der Waals surface area contributed by atoms with Crippen molar-refractivity contribution in [1.82, 2.24) is 10.2 Å².